The van der Waals surface area contributed by atoms with Gasteiger partial charge < -0.3 is 28.8 Å². The Hall–Kier alpha value is -2.30. The summed E-state index contributed by atoms with van der Waals surface area (Å²) in [5.41, 5.74) is -5.66. The molecule has 1 N–H and O–H groups in total. The SMILES string of the molecule is CO[C@@]12C[C@]3(COC(C)=O)O[C@@H]3[C@H]3[C@@H]4C(C)(C)[C@]4(OC(C)=O)[C@H](OC(C)=O)[C@@H](C)[C@]3(O)[C@@H]1C=C(C)C2=O. The highest BCUT2D eigenvalue weighted by molar-refractivity contribution is 6.05. The number of hydrogen-bond acceptors (Lipinski definition) is 10. The van der Waals surface area contributed by atoms with Crippen LogP contribution < -0.4 is 0 Å². The molecule has 0 unspecified atom stereocenters. The molecule has 3 saturated carbocycles. The Bertz CT molecular complexity index is 1130. The molecule has 204 valence electrons. The topological polar surface area (TPSA) is 138 Å². The van der Waals surface area contributed by atoms with E-state index in [1.54, 1.807) is 19.9 Å². The van der Waals surface area contributed by atoms with Crippen molar-refractivity contribution in [1.82, 2.24) is 0 Å². The van der Waals surface area contributed by atoms with Crippen LogP contribution in [-0.2, 0) is 42.9 Å². The number of ketones is 1. The molecular formula is C27H36O10. The number of fused-ring (bicyclic) bond motifs is 7. The fourth-order valence-corrected chi connectivity index (χ4v) is 8.53. The van der Waals surface area contributed by atoms with Crippen LogP contribution in [-0.4, -0.2) is 77.1 Å². The molecule has 1 heterocycles. The van der Waals surface area contributed by atoms with Gasteiger partial charge in [0.2, 0.25) is 0 Å². The van der Waals surface area contributed by atoms with Gasteiger partial charge >= 0.3 is 17.9 Å². The van der Waals surface area contributed by atoms with Crippen LogP contribution in [0.25, 0.3) is 0 Å². The van der Waals surface area contributed by atoms with E-state index in [2.05, 4.69) is 0 Å². The lowest BCUT2D eigenvalue weighted by Gasteiger charge is -2.54. The molecule has 37 heavy (non-hydrogen) atoms. The summed E-state index contributed by atoms with van der Waals surface area (Å²) >= 11 is 0. The number of epoxide rings is 1. The third-order valence-electron chi connectivity index (χ3n) is 10.0. The van der Waals surface area contributed by atoms with Crippen molar-refractivity contribution < 1.29 is 48.0 Å². The van der Waals surface area contributed by atoms with Gasteiger partial charge in [0.15, 0.2) is 11.4 Å². The van der Waals surface area contributed by atoms with Crippen molar-refractivity contribution in [2.75, 3.05) is 13.7 Å². The Labute approximate surface area is 216 Å². The monoisotopic (exact) mass is 520 g/mol. The van der Waals surface area contributed by atoms with Gasteiger partial charge in [-0.2, -0.15) is 0 Å². The smallest absolute Gasteiger partial charge is 0.303 e. The summed E-state index contributed by atoms with van der Waals surface area (Å²) in [6.07, 6.45) is 0.231. The summed E-state index contributed by atoms with van der Waals surface area (Å²) in [5, 5.41) is 12.9. The maximum absolute atomic E-state index is 13.7. The Morgan fingerprint density at radius 1 is 1.14 bits per heavy atom. The molecule has 0 aromatic heterocycles. The second-order valence-corrected chi connectivity index (χ2v) is 12.1. The zero-order valence-electron chi connectivity index (χ0n) is 22.6. The van der Waals surface area contributed by atoms with Crippen molar-refractivity contribution in [3.8, 4) is 0 Å². The van der Waals surface area contributed by atoms with Crippen LogP contribution in [0.4, 0.5) is 0 Å². The quantitative estimate of drug-likeness (QED) is 0.322. The van der Waals surface area contributed by atoms with E-state index in [0.29, 0.717) is 5.57 Å². The Morgan fingerprint density at radius 3 is 2.32 bits per heavy atom. The average Bonchev–Trinajstić information content (AvgIpc) is 3.59. The highest BCUT2D eigenvalue weighted by atomic mass is 16.7. The van der Waals surface area contributed by atoms with Crippen LogP contribution in [0.5, 0.6) is 0 Å². The van der Waals surface area contributed by atoms with E-state index in [0.717, 1.165) is 0 Å². The molecule has 5 rings (SSSR count). The van der Waals surface area contributed by atoms with Gasteiger partial charge in [-0.1, -0.05) is 26.8 Å². The second-order valence-electron chi connectivity index (χ2n) is 12.1. The minimum atomic E-state index is -1.65. The number of esters is 3. The third-order valence-corrected chi connectivity index (χ3v) is 10.0. The zero-order chi connectivity index (χ0) is 27.5. The van der Waals surface area contributed by atoms with Gasteiger partial charge in [0, 0.05) is 63.4 Å². The van der Waals surface area contributed by atoms with Crippen LogP contribution >= 0.6 is 0 Å². The standard InChI is InChI=1S/C27H36O10/c1-12-9-17-25(33-8,20(12)31)10-24(11-34-14(3)28)22(37-24)18-19-23(6,7)27(19,36-16(5)30)21(35-15(4)29)13(2)26(17,18)32/h9,13,17-19,21-22,32H,10-11H2,1-8H3/t13-,17-,18-,19-,21-,22-,24-,25+,26+,27-/m1/s1. The van der Waals surface area contributed by atoms with Gasteiger partial charge in [-0.05, 0) is 12.5 Å². The molecule has 10 nitrogen and oxygen atoms in total. The molecule has 0 amide bonds. The lowest BCUT2D eigenvalue weighted by molar-refractivity contribution is -0.239. The number of aliphatic hydroxyl groups is 1. The molecule has 0 aromatic rings. The summed E-state index contributed by atoms with van der Waals surface area (Å²) in [5.74, 6) is -4.55. The van der Waals surface area contributed by atoms with Crippen LogP contribution in [0.15, 0.2) is 11.6 Å². The summed E-state index contributed by atoms with van der Waals surface area (Å²) < 4.78 is 29.6. The van der Waals surface area contributed by atoms with E-state index in [-0.39, 0.29) is 18.8 Å². The molecule has 5 aliphatic rings. The highest BCUT2D eigenvalue weighted by Gasteiger charge is 2.92. The minimum absolute atomic E-state index is 0.0727. The third kappa shape index (κ3) is 3.03. The predicted octanol–water partition coefficient (Wildman–Crippen LogP) is 1.51. The largest absolute Gasteiger partial charge is 0.463 e. The summed E-state index contributed by atoms with van der Waals surface area (Å²) in [4.78, 5) is 50.2. The summed E-state index contributed by atoms with van der Waals surface area (Å²) in [6, 6.07) is 0. The number of carbonyl (C=O) groups is 4. The predicted molar refractivity (Wildman–Crippen MR) is 126 cm³/mol. The van der Waals surface area contributed by atoms with Crippen molar-refractivity contribution in [2.45, 2.75) is 89.5 Å². The normalized spacial score (nSPS) is 48.2. The molecule has 0 aromatic carbocycles. The van der Waals surface area contributed by atoms with Crippen LogP contribution in [0, 0.1) is 29.1 Å². The van der Waals surface area contributed by atoms with Crippen molar-refractivity contribution >= 4 is 23.7 Å². The lowest BCUT2D eigenvalue weighted by Crippen LogP contribution is -2.67. The lowest BCUT2D eigenvalue weighted by atomic mass is 9.58. The molecule has 10 atom stereocenters. The first-order chi connectivity index (χ1) is 17.1. The number of methoxy groups -OCH3 is 1. The van der Waals surface area contributed by atoms with E-state index in [9.17, 15) is 24.3 Å². The van der Waals surface area contributed by atoms with E-state index in [1.165, 1.54) is 27.9 Å². The van der Waals surface area contributed by atoms with E-state index in [4.69, 9.17) is 23.7 Å². The van der Waals surface area contributed by atoms with Crippen molar-refractivity contribution in [2.24, 2.45) is 29.1 Å². The molecule has 0 spiro atoms. The van der Waals surface area contributed by atoms with E-state index < -0.39 is 81.6 Å². The van der Waals surface area contributed by atoms with Crippen LogP contribution in [0.1, 0.15) is 54.9 Å². The fraction of sp³-hybridized carbons (Fsp3) is 0.778. The van der Waals surface area contributed by atoms with Crippen LogP contribution in [0.3, 0.4) is 0 Å². The first kappa shape index (κ1) is 26.3. The Kier molecular flexibility index (Phi) is 5.43. The zero-order valence-corrected chi connectivity index (χ0v) is 22.6. The Balaban J connectivity index is 1.74. The molecular weight excluding hydrogens is 484 g/mol. The number of Topliss-reactive ketones (excluding diaryl/α,β-unsaturated/α-hetero) is 1. The van der Waals surface area contributed by atoms with Gasteiger partial charge in [-0.15, -0.1) is 0 Å². The molecule has 0 radical (unpaired) electrons. The van der Waals surface area contributed by atoms with Gasteiger partial charge in [0.05, 0.1) is 11.7 Å². The van der Waals surface area contributed by atoms with Gasteiger partial charge in [0.1, 0.15) is 23.9 Å². The molecule has 1 saturated heterocycles. The average molecular weight is 521 g/mol. The van der Waals surface area contributed by atoms with Gasteiger partial charge in [-0.25, -0.2) is 0 Å². The highest BCUT2D eigenvalue weighted by Crippen LogP contribution is 2.80. The maximum atomic E-state index is 13.7. The van der Waals surface area contributed by atoms with Gasteiger partial charge in [0.25, 0.3) is 0 Å². The van der Waals surface area contributed by atoms with E-state index in [1.807, 2.05) is 13.8 Å². The number of ether oxygens (including phenoxy) is 5. The van der Waals surface area contributed by atoms with Crippen LogP contribution in [0.2, 0.25) is 0 Å². The minimum Gasteiger partial charge on any atom is -0.463 e. The molecule has 10 heteroatoms. The Morgan fingerprint density at radius 2 is 1.78 bits per heavy atom. The van der Waals surface area contributed by atoms with E-state index >= 15 is 0 Å². The van der Waals surface area contributed by atoms with Gasteiger partial charge in [-0.3, -0.25) is 19.2 Å². The molecule has 0 bridgehead atoms. The molecule has 4 aliphatic carbocycles. The summed E-state index contributed by atoms with van der Waals surface area (Å²) in [7, 11) is 1.43. The molecule has 4 fully saturated rings. The number of carbonyl (C=O) groups excluding carboxylic acids is 4. The van der Waals surface area contributed by atoms with Crippen molar-refractivity contribution in [3.05, 3.63) is 11.6 Å². The van der Waals surface area contributed by atoms with Crippen molar-refractivity contribution in [1.29, 1.82) is 0 Å². The molecule has 1 aliphatic heterocycles. The fourth-order valence-electron chi connectivity index (χ4n) is 8.53. The number of rotatable bonds is 5. The number of hydrogen-bond donors (Lipinski definition) is 1. The first-order valence-corrected chi connectivity index (χ1v) is 12.8. The van der Waals surface area contributed by atoms with Crippen molar-refractivity contribution in [3.63, 3.8) is 0 Å². The summed E-state index contributed by atoms with van der Waals surface area (Å²) in [6.45, 7) is 11.0. The second kappa shape index (κ2) is 7.64. The first-order valence-electron chi connectivity index (χ1n) is 12.8. The maximum Gasteiger partial charge on any atom is 0.303 e.